The van der Waals surface area contributed by atoms with Crippen LogP contribution in [0.25, 0.3) is 0 Å². The van der Waals surface area contributed by atoms with Crippen LogP contribution >= 0.6 is 11.8 Å². The van der Waals surface area contributed by atoms with Gasteiger partial charge in [-0.1, -0.05) is 41.5 Å². The summed E-state index contributed by atoms with van der Waals surface area (Å²) in [5, 5.41) is 0. The zero-order valence-corrected chi connectivity index (χ0v) is 13.6. The Balaban J connectivity index is 2.49. The van der Waals surface area contributed by atoms with Gasteiger partial charge in [-0.2, -0.15) is 11.8 Å². The van der Waals surface area contributed by atoms with Gasteiger partial charge in [-0.25, -0.2) is 4.57 Å². The normalized spacial score (nSPS) is 12.8. The zero-order chi connectivity index (χ0) is 13.8. The topological polar surface area (TPSA) is 3.88 Å². The first kappa shape index (κ1) is 15.6. The van der Waals surface area contributed by atoms with Crippen LogP contribution in [0.15, 0.2) is 24.5 Å². The Bertz CT molecular complexity index is 371. The molecule has 0 spiro atoms. The van der Waals surface area contributed by atoms with Gasteiger partial charge in [0.1, 0.15) is 0 Å². The first-order chi connectivity index (χ1) is 8.18. The molecule has 1 aromatic rings. The molecular formula is C16H28NS+. The third-order valence-corrected chi connectivity index (χ3v) is 4.29. The highest BCUT2D eigenvalue weighted by molar-refractivity contribution is 7.99. The molecule has 1 heterocycles. The second-order valence-corrected chi connectivity index (χ2v) is 8.30. The van der Waals surface area contributed by atoms with Crippen LogP contribution in [0.2, 0.25) is 0 Å². The molecule has 0 aliphatic carbocycles. The van der Waals surface area contributed by atoms with Crippen LogP contribution in [0.1, 0.15) is 47.1 Å². The molecule has 0 aromatic carbocycles. The van der Waals surface area contributed by atoms with Gasteiger partial charge >= 0.3 is 0 Å². The molecule has 1 nitrogen and oxygen atoms in total. The summed E-state index contributed by atoms with van der Waals surface area (Å²) in [5.41, 5.74) is 2.08. The van der Waals surface area contributed by atoms with E-state index in [0.29, 0.717) is 5.41 Å². The molecular weight excluding hydrogens is 238 g/mol. The highest BCUT2D eigenvalue weighted by atomic mass is 32.2. The molecule has 2 heteroatoms. The Morgan fingerprint density at radius 2 is 1.78 bits per heavy atom. The molecule has 0 radical (unpaired) electrons. The Morgan fingerprint density at radius 1 is 1.11 bits per heavy atom. The van der Waals surface area contributed by atoms with Gasteiger partial charge in [0.15, 0.2) is 18.9 Å². The lowest BCUT2D eigenvalue weighted by atomic mass is 9.88. The van der Waals surface area contributed by atoms with Gasteiger partial charge in [-0.05, 0) is 22.6 Å². The van der Waals surface area contributed by atoms with E-state index in [2.05, 4.69) is 70.6 Å². The number of aromatic nitrogens is 1. The van der Waals surface area contributed by atoms with E-state index in [1.807, 2.05) is 11.8 Å². The number of hydrogen-bond acceptors (Lipinski definition) is 1. The van der Waals surface area contributed by atoms with Crippen molar-refractivity contribution in [3.05, 3.63) is 30.1 Å². The smallest absolute Gasteiger partial charge is 0.172 e. The van der Waals surface area contributed by atoms with Crippen molar-refractivity contribution in [2.45, 2.75) is 53.5 Å². The van der Waals surface area contributed by atoms with Gasteiger partial charge in [0.2, 0.25) is 0 Å². The maximum atomic E-state index is 2.32. The Labute approximate surface area is 117 Å². The molecule has 0 saturated carbocycles. The molecule has 18 heavy (non-hydrogen) atoms. The summed E-state index contributed by atoms with van der Waals surface area (Å²) in [6.07, 6.45) is 4.46. The summed E-state index contributed by atoms with van der Waals surface area (Å²) in [6.45, 7) is 14.8. The fourth-order valence-corrected chi connectivity index (χ4v) is 2.75. The number of rotatable bonds is 4. The van der Waals surface area contributed by atoms with Crippen molar-refractivity contribution in [3.63, 3.8) is 0 Å². The monoisotopic (exact) mass is 266 g/mol. The number of pyridine rings is 1. The highest BCUT2D eigenvalue weighted by Gasteiger charge is 2.17. The Hall–Kier alpha value is -0.500. The molecule has 0 amide bonds. The summed E-state index contributed by atoms with van der Waals surface area (Å²) in [5.74, 6) is 2.42. The van der Waals surface area contributed by atoms with Gasteiger partial charge in [0, 0.05) is 11.6 Å². The summed E-state index contributed by atoms with van der Waals surface area (Å²) in [4.78, 5) is 0. The molecule has 0 aliphatic heterocycles. The molecule has 0 aliphatic rings. The van der Waals surface area contributed by atoms with Gasteiger partial charge < -0.3 is 0 Å². The van der Waals surface area contributed by atoms with Crippen molar-refractivity contribution in [1.29, 1.82) is 0 Å². The maximum absolute atomic E-state index is 2.32. The first-order valence-corrected chi connectivity index (χ1v) is 7.91. The largest absolute Gasteiger partial charge is 0.204 e. The average Bonchev–Trinajstić information content (AvgIpc) is 2.22. The fraction of sp³-hybridized carbons (Fsp3) is 0.688. The van der Waals surface area contributed by atoms with Crippen molar-refractivity contribution in [3.8, 4) is 0 Å². The zero-order valence-electron chi connectivity index (χ0n) is 12.8. The van der Waals surface area contributed by atoms with Gasteiger partial charge in [-0.15, -0.1) is 0 Å². The van der Waals surface area contributed by atoms with Crippen LogP contribution in [0.4, 0.5) is 0 Å². The SMILES string of the molecule is CC(C)(C)CSCC[n+]1cccc(C(C)(C)C)c1. The Morgan fingerprint density at radius 3 is 2.33 bits per heavy atom. The van der Waals surface area contributed by atoms with E-state index in [1.54, 1.807) is 0 Å². The first-order valence-electron chi connectivity index (χ1n) is 6.76. The number of nitrogens with zero attached hydrogens (tertiary/aromatic N) is 1. The van der Waals surface area contributed by atoms with E-state index in [4.69, 9.17) is 0 Å². The van der Waals surface area contributed by atoms with Crippen LogP contribution in [0.5, 0.6) is 0 Å². The van der Waals surface area contributed by atoms with Crippen LogP contribution in [-0.4, -0.2) is 11.5 Å². The number of thioether (sulfide) groups is 1. The predicted molar refractivity (Wildman–Crippen MR) is 82.1 cm³/mol. The molecule has 0 saturated heterocycles. The summed E-state index contributed by atoms with van der Waals surface area (Å²) >= 11 is 2.05. The minimum atomic E-state index is 0.238. The van der Waals surface area contributed by atoms with Crippen molar-refractivity contribution in [2.24, 2.45) is 5.41 Å². The van der Waals surface area contributed by atoms with Crippen LogP contribution < -0.4 is 4.57 Å². The lowest BCUT2D eigenvalue weighted by Crippen LogP contribution is -2.36. The van der Waals surface area contributed by atoms with Crippen molar-refractivity contribution >= 4 is 11.8 Å². The molecule has 0 N–H and O–H groups in total. The van der Waals surface area contributed by atoms with Gasteiger partial charge in [-0.3, -0.25) is 0 Å². The number of hydrogen-bond donors (Lipinski definition) is 0. The lowest BCUT2D eigenvalue weighted by molar-refractivity contribution is -0.693. The van der Waals surface area contributed by atoms with Crippen molar-refractivity contribution in [1.82, 2.24) is 0 Å². The Kier molecular flexibility index (Phi) is 5.27. The molecule has 102 valence electrons. The van der Waals surface area contributed by atoms with Crippen LogP contribution in [0.3, 0.4) is 0 Å². The fourth-order valence-electron chi connectivity index (χ4n) is 1.65. The summed E-state index contributed by atoms with van der Waals surface area (Å²) in [6, 6.07) is 4.38. The minimum absolute atomic E-state index is 0.238. The number of aryl methyl sites for hydroxylation is 1. The van der Waals surface area contributed by atoms with Crippen molar-refractivity contribution < 1.29 is 4.57 Å². The molecule has 0 fully saturated rings. The average molecular weight is 266 g/mol. The third-order valence-electron chi connectivity index (χ3n) is 2.75. The van der Waals surface area contributed by atoms with Crippen LogP contribution in [-0.2, 0) is 12.0 Å². The van der Waals surface area contributed by atoms with E-state index in [1.165, 1.54) is 17.1 Å². The third kappa shape index (κ3) is 5.90. The summed E-state index contributed by atoms with van der Waals surface area (Å²) in [7, 11) is 0. The molecule has 1 rings (SSSR count). The minimum Gasteiger partial charge on any atom is -0.204 e. The second-order valence-electron chi connectivity index (χ2n) is 7.19. The quantitative estimate of drug-likeness (QED) is 0.587. The molecule has 1 aromatic heterocycles. The second kappa shape index (κ2) is 6.10. The summed E-state index contributed by atoms with van der Waals surface area (Å²) < 4.78 is 2.32. The van der Waals surface area contributed by atoms with E-state index >= 15 is 0 Å². The highest BCUT2D eigenvalue weighted by Crippen LogP contribution is 2.21. The standard InChI is InChI=1S/C16H28NS/c1-15(2,3)13-18-11-10-17-9-7-8-14(12-17)16(4,5)6/h7-9,12H,10-11,13H2,1-6H3/q+1. The molecule has 0 unspecified atom stereocenters. The molecule has 0 bridgehead atoms. The van der Waals surface area contributed by atoms with E-state index in [9.17, 15) is 0 Å². The van der Waals surface area contributed by atoms with Crippen LogP contribution in [0, 0.1) is 5.41 Å². The maximum Gasteiger partial charge on any atom is 0.172 e. The van der Waals surface area contributed by atoms with E-state index < -0.39 is 0 Å². The predicted octanol–water partition coefficient (Wildman–Crippen LogP) is 4.05. The van der Waals surface area contributed by atoms with E-state index in [-0.39, 0.29) is 5.41 Å². The van der Waals surface area contributed by atoms with Gasteiger partial charge in [0.05, 0.1) is 5.75 Å². The van der Waals surface area contributed by atoms with Crippen molar-refractivity contribution in [2.75, 3.05) is 11.5 Å². The van der Waals surface area contributed by atoms with E-state index in [0.717, 1.165) is 6.54 Å². The molecule has 0 atom stereocenters. The lowest BCUT2D eigenvalue weighted by Gasteiger charge is -2.17. The van der Waals surface area contributed by atoms with Gasteiger partial charge in [0.25, 0.3) is 0 Å².